The van der Waals surface area contributed by atoms with Gasteiger partial charge in [-0.25, -0.2) is 4.79 Å². The number of fused-ring (bicyclic) bond motifs is 2. The van der Waals surface area contributed by atoms with E-state index in [1.807, 2.05) is 17.9 Å². The number of halogens is 1. The van der Waals surface area contributed by atoms with Gasteiger partial charge in [-0.05, 0) is 50.4 Å². The molecule has 4 heterocycles. The van der Waals surface area contributed by atoms with Crippen LogP contribution in [0.5, 0.6) is 0 Å². The van der Waals surface area contributed by atoms with Gasteiger partial charge >= 0.3 is 6.03 Å². The summed E-state index contributed by atoms with van der Waals surface area (Å²) in [5.41, 5.74) is 3.34. The van der Waals surface area contributed by atoms with Crippen LogP contribution in [-0.4, -0.2) is 68.6 Å². The summed E-state index contributed by atoms with van der Waals surface area (Å²) in [6, 6.07) is 17.8. The zero-order valence-corrected chi connectivity index (χ0v) is 21.6. The van der Waals surface area contributed by atoms with Crippen LogP contribution in [0, 0.1) is 0 Å². The highest BCUT2D eigenvalue weighted by molar-refractivity contribution is 6.34. The second-order valence-electron chi connectivity index (χ2n) is 10.3. The summed E-state index contributed by atoms with van der Waals surface area (Å²) in [6.45, 7) is 5.18. The van der Waals surface area contributed by atoms with Gasteiger partial charge in [0.25, 0.3) is 5.91 Å². The number of carbonyl (C=O) groups excluding carboxylic acids is 2. The smallest absolute Gasteiger partial charge is 0.318 e. The molecule has 2 saturated heterocycles. The quantitative estimate of drug-likeness (QED) is 0.473. The molecule has 3 aliphatic heterocycles. The minimum absolute atomic E-state index is 0. The fourth-order valence-corrected chi connectivity index (χ4v) is 6.27. The summed E-state index contributed by atoms with van der Waals surface area (Å²) >= 11 is 6.21. The molecule has 0 bridgehead atoms. The van der Waals surface area contributed by atoms with Gasteiger partial charge in [-0.15, -0.1) is 0 Å². The number of aromatic nitrogens is 2. The molecule has 3 atom stereocenters. The summed E-state index contributed by atoms with van der Waals surface area (Å²) in [6.07, 6.45) is 3.16. The lowest BCUT2D eigenvalue weighted by Gasteiger charge is -2.45. The minimum atomic E-state index is -0.322. The third-order valence-corrected chi connectivity index (χ3v) is 8.39. The Hall–Kier alpha value is -3.36. The van der Waals surface area contributed by atoms with Gasteiger partial charge in [0.15, 0.2) is 5.82 Å². The van der Waals surface area contributed by atoms with Crippen molar-refractivity contribution in [2.45, 2.75) is 58.3 Å². The first-order chi connectivity index (χ1) is 18.0. The molecule has 1 aromatic heterocycles. The first kappa shape index (κ1) is 26.3. The van der Waals surface area contributed by atoms with E-state index in [9.17, 15) is 9.59 Å². The summed E-state index contributed by atoms with van der Waals surface area (Å²) < 4.78 is 0. The zero-order chi connectivity index (χ0) is 25.5. The standard InChI is InChI=1S/C28H31ClN6O2.CH4/c1-18-25-23(26(32-31-25)30-27(36)22-11-5-6-12-24(22)29)17-34(18)28(37)35-16-20-10-7-13-33(20)15-21(35)14-19-8-3-2-4-9-19;/h2-6,8-9,11-12,18,20-21H,7,10,13-17H2,1H3,(H2,30,31,32,36);1H4/t18?,20-,21-;/m0./s1. The molecule has 0 saturated carbocycles. The van der Waals surface area contributed by atoms with Crippen LogP contribution >= 0.6 is 11.6 Å². The minimum Gasteiger partial charge on any atom is -0.318 e. The summed E-state index contributed by atoms with van der Waals surface area (Å²) in [5, 5.41) is 10.7. The van der Waals surface area contributed by atoms with Crippen molar-refractivity contribution in [3.63, 3.8) is 0 Å². The van der Waals surface area contributed by atoms with Crippen molar-refractivity contribution in [3.8, 4) is 0 Å². The number of amides is 3. The molecule has 3 amide bonds. The molecule has 1 unspecified atom stereocenters. The molecule has 3 aromatic rings. The molecule has 6 rings (SSSR count). The maximum absolute atomic E-state index is 14.1. The Labute approximate surface area is 228 Å². The van der Waals surface area contributed by atoms with Crippen LogP contribution in [0.1, 0.15) is 60.4 Å². The molecule has 0 spiro atoms. The van der Waals surface area contributed by atoms with Gasteiger partial charge in [0.1, 0.15) is 0 Å². The van der Waals surface area contributed by atoms with E-state index in [-0.39, 0.29) is 31.4 Å². The molecular weight excluding hydrogens is 500 g/mol. The van der Waals surface area contributed by atoms with Crippen molar-refractivity contribution < 1.29 is 9.59 Å². The van der Waals surface area contributed by atoms with E-state index in [1.54, 1.807) is 24.3 Å². The Bertz CT molecular complexity index is 1310. The number of hydrogen-bond donors (Lipinski definition) is 2. The van der Waals surface area contributed by atoms with E-state index in [0.29, 0.717) is 29.0 Å². The molecule has 2 aromatic carbocycles. The van der Waals surface area contributed by atoms with Crippen LogP contribution in [0.2, 0.25) is 5.02 Å². The van der Waals surface area contributed by atoms with Crippen molar-refractivity contribution in [2.75, 3.05) is 25.0 Å². The number of carbonyl (C=O) groups is 2. The normalized spacial score (nSPS) is 22.5. The van der Waals surface area contributed by atoms with Crippen LogP contribution in [0.3, 0.4) is 0 Å². The number of piperazine rings is 1. The Morgan fingerprint density at radius 1 is 1.08 bits per heavy atom. The maximum Gasteiger partial charge on any atom is 0.321 e. The first-order valence-corrected chi connectivity index (χ1v) is 13.4. The van der Waals surface area contributed by atoms with Gasteiger partial charge in [0.2, 0.25) is 0 Å². The summed E-state index contributed by atoms with van der Waals surface area (Å²) in [5.74, 6) is 0.126. The predicted octanol–water partition coefficient (Wildman–Crippen LogP) is 5.34. The highest BCUT2D eigenvalue weighted by atomic mass is 35.5. The van der Waals surface area contributed by atoms with Crippen LogP contribution in [-0.2, 0) is 13.0 Å². The van der Waals surface area contributed by atoms with Crippen molar-refractivity contribution >= 4 is 29.4 Å². The van der Waals surface area contributed by atoms with E-state index < -0.39 is 0 Å². The highest BCUT2D eigenvalue weighted by Gasteiger charge is 2.43. The lowest BCUT2D eigenvalue weighted by molar-refractivity contribution is 0.0517. The molecule has 9 heteroatoms. The molecule has 0 radical (unpaired) electrons. The zero-order valence-electron chi connectivity index (χ0n) is 20.9. The molecule has 38 heavy (non-hydrogen) atoms. The first-order valence-electron chi connectivity index (χ1n) is 13.0. The Kier molecular flexibility index (Phi) is 7.45. The number of aromatic amines is 1. The number of anilines is 1. The SMILES string of the molecule is C.CC1c2[nH]nc(NC(=O)c3ccccc3Cl)c2CN1C(=O)N1C[C@@H]2CCCN2C[C@@H]1Cc1ccccc1. The number of urea groups is 1. The third kappa shape index (κ3) is 4.78. The van der Waals surface area contributed by atoms with Gasteiger partial charge in [0.05, 0.1) is 34.9 Å². The Balaban J connectivity index is 0.00000294. The van der Waals surface area contributed by atoms with E-state index in [1.165, 1.54) is 12.0 Å². The second kappa shape index (κ2) is 10.8. The molecule has 200 valence electrons. The van der Waals surface area contributed by atoms with Crippen molar-refractivity contribution in [1.29, 1.82) is 0 Å². The predicted molar refractivity (Wildman–Crippen MR) is 149 cm³/mol. The molecule has 2 N–H and O–H groups in total. The fraction of sp³-hybridized carbons (Fsp3) is 0.414. The number of nitrogens with zero attached hydrogens (tertiary/aromatic N) is 4. The number of rotatable bonds is 4. The van der Waals surface area contributed by atoms with E-state index in [2.05, 4.69) is 49.6 Å². The molecule has 3 aliphatic rings. The monoisotopic (exact) mass is 534 g/mol. The lowest BCUT2D eigenvalue weighted by Crippen LogP contribution is -2.60. The topological polar surface area (TPSA) is 84.6 Å². The molecule has 0 aliphatic carbocycles. The second-order valence-corrected chi connectivity index (χ2v) is 10.7. The van der Waals surface area contributed by atoms with Crippen LogP contribution < -0.4 is 5.32 Å². The average Bonchev–Trinajstić information content (AvgIpc) is 3.61. The molecule has 2 fully saturated rings. The lowest BCUT2D eigenvalue weighted by atomic mass is 10.00. The number of H-pyrrole nitrogens is 1. The average molecular weight is 535 g/mol. The van der Waals surface area contributed by atoms with Gasteiger partial charge in [-0.1, -0.05) is 61.5 Å². The maximum atomic E-state index is 14.1. The summed E-state index contributed by atoms with van der Waals surface area (Å²) in [7, 11) is 0. The largest absolute Gasteiger partial charge is 0.321 e. The van der Waals surface area contributed by atoms with Gasteiger partial charge in [-0.2, -0.15) is 5.10 Å². The third-order valence-electron chi connectivity index (χ3n) is 8.06. The van der Waals surface area contributed by atoms with E-state index in [0.717, 1.165) is 43.7 Å². The molecular formula is C29H35ClN6O2. The van der Waals surface area contributed by atoms with Gasteiger partial charge in [0, 0.05) is 24.7 Å². The van der Waals surface area contributed by atoms with Gasteiger partial charge < -0.3 is 15.1 Å². The van der Waals surface area contributed by atoms with Crippen molar-refractivity contribution in [3.05, 3.63) is 82.0 Å². The van der Waals surface area contributed by atoms with Gasteiger partial charge in [-0.3, -0.25) is 14.8 Å². The number of nitrogens with one attached hydrogen (secondary N) is 2. The number of hydrogen-bond acceptors (Lipinski definition) is 4. The number of benzene rings is 2. The van der Waals surface area contributed by atoms with E-state index >= 15 is 0 Å². The van der Waals surface area contributed by atoms with Crippen LogP contribution in [0.15, 0.2) is 54.6 Å². The highest BCUT2D eigenvalue weighted by Crippen LogP contribution is 2.38. The van der Waals surface area contributed by atoms with Crippen LogP contribution in [0.4, 0.5) is 10.6 Å². The Morgan fingerprint density at radius 2 is 1.84 bits per heavy atom. The Morgan fingerprint density at radius 3 is 2.63 bits per heavy atom. The molecule has 8 nitrogen and oxygen atoms in total. The van der Waals surface area contributed by atoms with Crippen molar-refractivity contribution in [1.82, 2.24) is 24.9 Å². The fourth-order valence-electron chi connectivity index (χ4n) is 6.05. The summed E-state index contributed by atoms with van der Waals surface area (Å²) in [4.78, 5) is 33.5. The van der Waals surface area contributed by atoms with Crippen LogP contribution in [0.25, 0.3) is 0 Å². The van der Waals surface area contributed by atoms with E-state index in [4.69, 9.17) is 11.6 Å². The van der Waals surface area contributed by atoms with Crippen molar-refractivity contribution in [2.24, 2.45) is 0 Å².